The van der Waals surface area contributed by atoms with Crippen LogP contribution in [-0.4, -0.2) is 42.9 Å². The summed E-state index contributed by atoms with van der Waals surface area (Å²) in [6, 6.07) is 7.96. The minimum Gasteiger partial charge on any atom is -0.353 e. The minimum absolute atomic E-state index is 0.0340. The van der Waals surface area contributed by atoms with Gasteiger partial charge in [-0.15, -0.1) is 0 Å². The van der Waals surface area contributed by atoms with Gasteiger partial charge >= 0.3 is 0 Å². The molecule has 1 unspecified atom stereocenters. The van der Waals surface area contributed by atoms with E-state index in [0.717, 1.165) is 30.5 Å². The Hall–Kier alpha value is -1.88. The van der Waals surface area contributed by atoms with Gasteiger partial charge in [-0.3, -0.25) is 14.5 Å². The number of unbranched alkanes of at least 4 members (excludes halogenated alkanes) is 2. The molecular weight excluding hydrogens is 314 g/mol. The highest BCUT2D eigenvalue weighted by Gasteiger charge is 2.13. The molecule has 0 aliphatic rings. The molecule has 0 spiro atoms. The summed E-state index contributed by atoms with van der Waals surface area (Å²) in [6.07, 6.45) is 5.37. The van der Waals surface area contributed by atoms with Gasteiger partial charge in [0.15, 0.2) is 0 Å². The maximum atomic E-state index is 12.2. The van der Waals surface area contributed by atoms with Crippen molar-refractivity contribution in [1.82, 2.24) is 10.2 Å². The Morgan fingerprint density at radius 1 is 1.08 bits per heavy atom. The second kappa shape index (κ2) is 11.6. The summed E-state index contributed by atoms with van der Waals surface area (Å²) in [5, 5.41) is 5.93. The van der Waals surface area contributed by atoms with Gasteiger partial charge in [-0.1, -0.05) is 51.3 Å². The molecule has 1 rings (SSSR count). The number of benzene rings is 1. The van der Waals surface area contributed by atoms with Crippen molar-refractivity contribution in [1.29, 1.82) is 0 Å². The molecule has 0 fully saturated rings. The predicted molar refractivity (Wildman–Crippen MR) is 104 cm³/mol. The summed E-state index contributed by atoms with van der Waals surface area (Å²) < 4.78 is 0. The molecule has 0 saturated heterocycles. The molecule has 140 valence electrons. The smallest absolute Gasteiger partial charge is 0.238 e. The van der Waals surface area contributed by atoms with Crippen molar-refractivity contribution < 1.29 is 9.59 Å². The third-order valence-corrected chi connectivity index (χ3v) is 4.15. The number of nitrogens with one attached hydrogen (secondary N) is 2. The lowest BCUT2D eigenvalue weighted by Crippen LogP contribution is -2.42. The second-order valence-corrected chi connectivity index (χ2v) is 6.70. The molecule has 0 bridgehead atoms. The highest BCUT2D eigenvalue weighted by atomic mass is 16.2. The topological polar surface area (TPSA) is 61.4 Å². The average molecular weight is 348 g/mol. The number of rotatable bonds is 11. The van der Waals surface area contributed by atoms with Crippen LogP contribution in [0, 0.1) is 0 Å². The van der Waals surface area contributed by atoms with Gasteiger partial charge in [-0.2, -0.15) is 0 Å². The standard InChI is InChI=1S/C20H33N3O2/c1-5-7-8-11-16(3)21-19(24)14-23(4)15-20(25)22-18-13-10-9-12-17(18)6-2/h9-10,12-13,16H,5-8,11,14-15H2,1-4H3,(H,21,24)(H,22,25). The number of carbonyl (C=O) groups is 2. The summed E-state index contributed by atoms with van der Waals surface area (Å²) >= 11 is 0. The van der Waals surface area contributed by atoms with E-state index in [1.165, 1.54) is 12.8 Å². The van der Waals surface area contributed by atoms with E-state index in [9.17, 15) is 9.59 Å². The van der Waals surface area contributed by atoms with Gasteiger partial charge in [0.2, 0.25) is 11.8 Å². The quantitative estimate of drug-likeness (QED) is 0.604. The zero-order valence-electron chi connectivity index (χ0n) is 16.1. The molecule has 1 aromatic carbocycles. The van der Waals surface area contributed by atoms with Gasteiger partial charge in [-0.05, 0) is 38.4 Å². The number of para-hydroxylation sites is 1. The largest absolute Gasteiger partial charge is 0.353 e. The van der Waals surface area contributed by atoms with E-state index in [-0.39, 0.29) is 30.9 Å². The first-order chi connectivity index (χ1) is 12.0. The van der Waals surface area contributed by atoms with Crippen LogP contribution in [-0.2, 0) is 16.0 Å². The SMILES string of the molecule is CCCCCC(C)NC(=O)CN(C)CC(=O)Nc1ccccc1CC. The van der Waals surface area contributed by atoms with Gasteiger partial charge in [0.25, 0.3) is 0 Å². The number of likely N-dealkylation sites (N-methyl/N-ethyl adjacent to an activating group) is 1. The molecule has 1 atom stereocenters. The van der Waals surface area contributed by atoms with Gasteiger partial charge in [0.05, 0.1) is 13.1 Å². The maximum absolute atomic E-state index is 12.2. The van der Waals surface area contributed by atoms with Crippen LogP contribution in [0.1, 0.15) is 52.0 Å². The summed E-state index contributed by atoms with van der Waals surface area (Å²) in [5.41, 5.74) is 1.95. The van der Waals surface area contributed by atoms with Crippen LogP contribution < -0.4 is 10.6 Å². The van der Waals surface area contributed by atoms with E-state index >= 15 is 0 Å². The van der Waals surface area contributed by atoms with E-state index in [1.807, 2.05) is 31.2 Å². The van der Waals surface area contributed by atoms with Crippen molar-refractivity contribution in [3.8, 4) is 0 Å². The Morgan fingerprint density at radius 2 is 1.76 bits per heavy atom. The van der Waals surface area contributed by atoms with Gasteiger partial charge in [0.1, 0.15) is 0 Å². The lowest BCUT2D eigenvalue weighted by Gasteiger charge is -2.19. The van der Waals surface area contributed by atoms with E-state index in [2.05, 4.69) is 24.5 Å². The molecule has 2 amide bonds. The molecule has 0 aliphatic carbocycles. The fourth-order valence-electron chi connectivity index (χ4n) is 2.78. The third kappa shape index (κ3) is 8.68. The zero-order chi connectivity index (χ0) is 18.7. The molecular formula is C20H33N3O2. The Labute approximate surface area is 152 Å². The highest BCUT2D eigenvalue weighted by Crippen LogP contribution is 2.15. The summed E-state index contributed by atoms with van der Waals surface area (Å²) in [4.78, 5) is 26.0. The first-order valence-electron chi connectivity index (χ1n) is 9.31. The molecule has 2 N–H and O–H groups in total. The van der Waals surface area contributed by atoms with Crippen LogP contribution in [0.5, 0.6) is 0 Å². The van der Waals surface area contributed by atoms with Crippen LogP contribution >= 0.6 is 0 Å². The molecule has 5 heteroatoms. The Morgan fingerprint density at radius 3 is 2.44 bits per heavy atom. The van der Waals surface area contributed by atoms with Crippen molar-refractivity contribution in [3.05, 3.63) is 29.8 Å². The minimum atomic E-state index is -0.104. The number of anilines is 1. The summed E-state index contributed by atoms with van der Waals surface area (Å²) in [7, 11) is 1.78. The third-order valence-electron chi connectivity index (χ3n) is 4.15. The summed E-state index contributed by atoms with van der Waals surface area (Å²) in [6.45, 7) is 6.67. The fraction of sp³-hybridized carbons (Fsp3) is 0.600. The van der Waals surface area contributed by atoms with Crippen LogP contribution in [0.15, 0.2) is 24.3 Å². The van der Waals surface area contributed by atoms with E-state index in [0.29, 0.717) is 0 Å². The van der Waals surface area contributed by atoms with Crippen LogP contribution in [0.4, 0.5) is 5.69 Å². The van der Waals surface area contributed by atoms with Crippen LogP contribution in [0.3, 0.4) is 0 Å². The second-order valence-electron chi connectivity index (χ2n) is 6.70. The monoisotopic (exact) mass is 347 g/mol. The Kier molecular flexibility index (Phi) is 9.85. The van der Waals surface area contributed by atoms with E-state index in [1.54, 1.807) is 11.9 Å². The fourth-order valence-corrected chi connectivity index (χ4v) is 2.78. The molecule has 0 aromatic heterocycles. The molecule has 0 heterocycles. The van der Waals surface area contributed by atoms with Crippen LogP contribution in [0.2, 0.25) is 0 Å². The number of aryl methyl sites for hydroxylation is 1. The molecule has 1 aromatic rings. The first kappa shape index (κ1) is 21.2. The first-order valence-corrected chi connectivity index (χ1v) is 9.31. The average Bonchev–Trinajstić information content (AvgIpc) is 2.55. The number of hydrogen-bond acceptors (Lipinski definition) is 3. The number of carbonyl (C=O) groups excluding carboxylic acids is 2. The molecule has 0 saturated carbocycles. The normalized spacial score (nSPS) is 12.0. The Bertz CT molecular complexity index is 545. The lowest BCUT2D eigenvalue weighted by atomic mass is 10.1. The number of nitrogens with zero attached hydrogens (tertiary/aromatic N) is 1. The Balaban J connectivity index is 2.36. The molecule has 0 radical (unpaired) electrons. The predicted octanol–water partition coefficient (Wildman–Crippen LogP) is 3.20. The van der Waals surface area contributed by atoms with E-state index < -0.39 is 0 Å². The summed E-state index contributed by atoms with van der Waals surface area (Å²) in [5.74, 6) is -0.138. The highest BCUT2D eigenvalue weighted by molar-refractivity contribution is 5.93. The van der Waals surface area contributed by atoms with Crippen molar-refractivity contribution in [2.24, 2.45) is 0 Å². The van der Waals surface area contributed by atoms with Crippen molar-refractivity contribution in [3.63, 3.8) is 0 Å². The molecule has 0 aliphatic heterocycles. The van der Waals surface area contributed by atoms with Gasteiger partial charge in [-0.25, -0.2) is 0 Å². The van der Waals surface area contributed by atoms with Gasteiger partial charge in [0, 0.05) is 11.7 Å². The molecule has 5 nitrogen and oxygen atoms in total. The molecule has 25 heavy (non-hydrogen) atoms. The zero-order valence-corrected chi connectivity index (χ0v) is 16.1. The number of amides is 2. The van der Waals surface area contributed by atoms with Gasteiger partial charge < -0.3 is 10.6 Å². The van der Waals surface area contributed by atoms with Crippen molar-refractivity contribution in [2.75, 3.05) is 25.5 Å². The van der Waals surface area contributed by atoms with Crippen molar-refractivity contribution in [2.45, 2.75) is 58.9 Å². The maximum Gasteiger partial charge on any atom is 0.238 e. The van der Waals surface area contributed by atoms with Crippen molar-refractivity contribution >= 4 is 17.5 Å². The van der Waals surface area contributed by atoms with E-state index in [4.69, 9.17) is 0 Å². The van der Waals surface area contributed by atoms with Crippen LogP contribution in [0.25, 0.3) is 0 Å². The lowest BCUT2D eigenvalue weighted by molar-refractivity contribution is -0.123. The number of hydrogen-bond donors (Lipinski definition) is 2.